The molecule has 0 amide bonds. The lowest BCUT2D eigenvalue weighted by molar-refractivity contribution is 0.182. The van der Waals surface area contributed by atoms with E-state index in [1.54, 1.807) is 6.07 Å². The highest BCUT2D eigenvalue weighted by atomic mass is 19.1. The molecule has 0 bridgehead atoms. The second-order valence-electron chi connectivity index (χ2n) is 4.27. The Kier molecular flexibility index (Phi) is 4.27. The molecule has 0 spiro atoms. The first-order chi connectivity index (χ1) is 9.17. The van der Waals surface area contributed by atoms with Crippen LogP contribution < -0.4 is 5.32 Å². The van der Waals surface area contributed by atoms with E-state index in [-0.39, 0.29) is 17.5 Å². The molecule has 0 saturated carbocycles. The zero-order valence-corrected chi connectivity index (χ0v) is 11.0. The van der Waals surface area contributed by atoms with Crippen molar-refractivity contribution < 1.29 is 13.5 Å². The normalized spacial score (nSPS) is 10.9. The predicted molar refractivity (Wildman–Crippen MR) is 71.2 cm³/mol. The van der Waals surface area contributed by atoms with Crippen molar-refractivity contribution >= 4 is 16.6 Å². The molecule has 0 aliphatic carbocycles. The maximum Gasteiger partial charge on any atom is 0.149 e. The predicted octanol–water partition coefficient (Wildman–Crippen LogP) is 3.48. The van der Waals surface area contributed by atoms with E-state index in [9.17, 15) is 8.78 Å². The van der Waals surface area contributed by atoms with Crippen molar-refractivity contribution in [2.75, 3.05) is 19.0 Å². The molecule has 0 unspecified atom stereocenters. The lowest BCUT2D eigenvalue weighted by Gasteiger charge is -2.12. The Morgan fingerprint density at radius 3 is 2.68 bits per heavy atom. The summed E-state index contributed by atoms with van der Waals surface area (Å²) in [5.74, 6) is -1.01. The van der Waals surface area contributed by atoms with Crippen molar-refractivity contribution in [3.63, 3.8) is 0 Å². The van der Waals surface area contributed by atoms with Crippen LogP contribution in [0.1, 0.15) is 19.0 Å². The summed E-state index contributed by atoms with van der Waals surface area (Å²) in [6.07, 6.45) is 0.889. The van der Waals surface area contributed by atoms with Crippen molar-refractivity contribution in [1.82, 2.24) is 4.98 Å². The monoisotopic (exact) mass is 266 g/mol. The minimum atomic E-state index is -0.533. The van der Waals surface area contributed by atoms with E-state index in [0.717, 1.165) is 18.6 Å². The molecule has 102 valence electrons. The van der Waals surface area contributed by atoms with Gasteiger partial charge in [0.1, 0.15) is 17.2 Å². The average molecular weight is 266 g/mol. The third-order valence-electron chi connectivity index (χ3n) is 2.77. The quantitative estimate of drug-likeness (QED) is 0.899. The van der Waals surface area contributed by atoms with E-state index in [0.29, 0.717) is 17.9 Å². The number of halogens is 2. The van der Waals surface area contributed by atoms with Gasteiger partial charge in [0.05, 0.1) is 17.7 Å². The second kappa shape index (κ2) is 5.93. The number of nitrogens with one attached hydrogen (secondary N) is 1. The summed E-state index contributed by atoms with van der Waals surface area (Å²) in [5.41, 5.74) is 1.15. The summed E-state index contributed by atoms with van der Waals surface area (Å²) in [4.78, 5) is 4.11. The van der Waals surface area contributed by atoms with E-state index >= 15 is 0 Å². The van der Waals surface area contributed by atoms with E-state index in [2.05, 4.69) is 10.3 Å². The first-order valence-electron chi connectivity index (χ1n) is 6.17. The Labute approximate surface area is 110 Å². The van der Waals surface area contributed by atoms with Crippen molar-refractivity contribution in [2.45, 2.75) is 20.0 Å². The molecule has 0 atom stereocenters. The minimum Gasteiger partial charge on any atom is -0.384 e. The van der Waals surface area contributed by atoms with Crippen LogP contribution in [-0.2, 0) is 11.3 Å². The molecule has 2 rings (SSSR count). The lowest BCUT2D eigenvalue weighted by atomic mass is 10.1. The zero-order valence-electron chi connectivity index (χ0n) is 11.0. The molecule has 1 aromatic carbocycles. The molecule has 1 N–H and O–H groups in total. The van der Waals surface area contributed by atoms with Crippen LogP contribution in [0.3, 0.4) is 0 Å². The number of methoxy groups -OCH3 is 1. The third-order valence-corrected chi connectivity index (χ3v) is 2.77. The van der Waals surface area contributed by atoms with Gasteiger partial charge >= 0.3 is 0 Å². The summed E-state index contributed by atoms with van der Waals surface area (Å²) in [7, 11) is 1.53. The van der Waals surface area contributed by atoms with Gasteiger partial charge in [0, 0.05) is 19.3 Å². The van der Waals surface area contributed by atoms with Gasteiger partial charge in [-0.15, -0.1) is 0 Å². The molecule has 3 nitrogen and oxygen atoms in total. The molecule has 1 heterocycles. The van der Waals surface area contributed by atoms with Crippen LogP contribution in [0.4, 0.5) is 14.5 Å². The number of benzene rings is 1. The van der Waals surface area contributed by atoms with Gasteiger partial charge in [0.15, 0.2) is 0 Å². The molecule has 0 radical (unpaired) electrons. The van der Waals surface area contributed by atoms with Gasteiger partial charge in [0.25, 0.3) is 0 Å². The van der Waals surface area contributed by atoms with Crippen LogP contribution in [0.25, 0.3) is 10.9 Å². The molecular formula is C14H16F2N2O. The van der Waals surface area contributed by atoms with E-state index < -0.39 is 11.6 Å². The number of aromatic nitrogens is 1. The number of nitrogens with zero attached hydrogens (tertiary/aromatic N) is 1. The molecule has 0 aliphatic rings. The topological polar surface area (TPSA) is 34.1 Å². The number of hydrogen-bond acceptors (Lipinski definition) is 3. The largest absolute Gasteiger partial charge is 0.384 e. The molecule has 19 heavy (non-hydrogen) atoms. The Balaban J connectivity index is 2.63. The van der Waals surface area contributed by atoms with Crippen molar-refractivity contribution in [1.29, 1.82) is 0 Å². The van der Waals surface area contributed by atoms with E-state index in [1.165, 1.54) is 7.11 Å². The summed E-state index contributed by atoms with van der Waals surface area (Å²) >= 11 is 0. The summed E-state index contributed by atoms with van der Waals surface area (Å²) in [6.45, 7) is 2.94. The lowest BCUT2D eigenvalue weighted by Crippen LogP contribution is -2.05. The van der Waals surface area contributed by atoms with Crippen molar-refractivity contribution in [2.24, 2.45) is 0 Å². The van der Waals surface area contributed by atoms with Crippen molar-refractivity contribution in [3.05, 3.63) is 35.5 Å². The molecule has 5 heteroatoms. The smallest absolute Gasteiger partial charge is 0.149 e. The molecule has 0 fully saturated rings. The van der Waals surface area contributed by atoms with Crippen LogP contribution in [0.5, 0.6) is 0 Å². The van der Waals surface area contributed by atoms with Crippen LogP contribution in [0.2, 0.25) is 0 Å². The van der Waals surface area contributed by atoms with Crippen LogP contribution in [0.15, 0.2) is 18.2 Å². The highest BCUT2D eigenvalue weighted by Gasteiger charge is 2.13. The number of ether oxygens (including phenoxy) is 1. The van der Waals surface area contributed by atoms with Gasteiger partial charge in [0.2, 0.25) is 0 Å². The highest BCUT2D eigenvalue weighted by Crippen LogP contribution is 2.28. The maximum absolute atomic E-state index is 13.9. The van der Waals surface area contributed by atoms with Crippen molar-refractivity contribution in [3.8, 4) is 0 Å². The Morgan fingerprint density at radius 1 is 1.26 bits per heavy atom. The maximum atomic E-state index is 13.9. The molecule has 1 aromatic heterocycles. The molecular weight excluding hydrogens is 250 g/mol. The Morgan fingerprint density at radius 2 is 2.00 bits per heavy atom. The third kappa shape index (κ3) is 2.81. The summed E-state index contributed by atoms with van der Waals surface area (Å²) < 4.78 is 32.7. The highest BCUT2D eigenvalue weighted by molar-refractivity contribution is 5.92. The number of rotatable bonds is 5. The zero-order chi connectivity index (χ0) is 13.8. The molecule has 0 aliphatic heterocycles. The first-order valence-corrected chi connectivity index (χ1v) is 6.17. The average Bonchev–Trinajstić information content (AvgIpc) is 2.40. The SMILES string of the molecule is CCCNc1cc(COC)nc2c(F)ccc(F)c12. The Hall–Kier alpha value is -1.75. The number of anilines is 1. The number of hydrogen-bond donors (Lipinski definition) is 1. The standard InChI is InChI=1S/C14H16F2N2O/c1-3-6-17-12-7-9(8-19-2)18-14-11(16)5-4-10(15)13(12)14/h4-5,7H,3,6,8H2,1-2H3,(H,17,18). The summed E-state index contributed by atoms with van der Waals surface area (Å²) in [6, 6.07) is 3.90. The molecule has 2 aromatic rings. The molecule has 0 saturated heterocycles. The Bertz CT molecular complexity index is 587. The van der Waals surface area contributed by atoms with Gasteiger partial charge in [-0.25, -0.2) is 13.8 Å². The van der Waals surface area contributed by atoms with Gasteiger partial charge in [-0.05, 0) is 24.6 Å². The summed E-state index contributed by atoms with van der Waals surface area (Å²) in [5, 5.41) is 3.29. The van der Waals surface area contributed by atoms with Gasteiger partial charge in [-0.2, -0.15) is 0 Å². The van der Waals surface area contributed by atoms with E-state index in [4.69, 9.17) is 4.74 Å². The van der Waals surface area contributed by atoms with Gasteiger partial charge in [-0.1, -0.05) is 6.92 Å². The fourth-order valence-corrected chi connectivity index (χ4v) is 1.94. The van der Waals surface area contributed by atoms with Crippen LogP contribution in [0, 0.1) is 11.6 Å². The minimum absolute atomic E-state index is 0.0353. The van der Waals surface area contributed by atoms with Crippen LogP contribution >= 0.6 is 0 Å². The number of fused-ring (bicyclic) bond motifs is 1. The second-order valence-corrected chi connectivity index (χ2v) is 4.27. The van der Waals surface area contributed by atoms with E-state index in [1.807, 2.05) is 6.92 Å². The van der Waals surface area contributed by atoms with Gasteiger partial charge in [-0.3, -0.25) is 0 Å². The fourth-order valence-electron chi connectivity index (χ4n) is 1.94. The fraction of sp³-hybridized carbons (Fsp3) is 0.357. The van der Waals surface area contributed by atoms with Gasteiger partial charge < -0.3 is 10.1 Å². The number of pyridine rings is 1. The first kappa shape index (κ1) is 13.7. The van der Waals surface area contributed by atoms with Crippen LogP contribution in [-0.4, -0.2) is 18.6 Å².